The summed E-state index contributed by atoms with van der Waals surface area (Å²) >= 11 is 5.92. The van der Waals surface area contributed by atoms with Crippen molar-refractivity contribution in [2.24, 2.45) is 5.10 Å². The fourth-order valence-electron chi connectivity index (χ4n) is 3.27. The van der Waals surface area contributed by atoms with Crippen LogP contribution in [0.4, 0.5) is 5.69 Å². The molecule has 0 saturated heterocycles. The van der Waals surface area contributed by atoms with Crippen molar-refractivity contribution in [1.29, 1.82) is 0 Å². The number of carboxylic acids is 1. The van der Waals surface area contributed by atoms with Crippen molar-refractivity contribution in [2.75, 3.05) is 5.01 Å². The molecule has 1 amide bonds. The minimum Gasteiger partial charge on any atom is -0.478 e. The maximum absolute atomic E-state index is 13.0. The van der Waals surface area contributed by atoms with E-state index in [1.54, 1.807) is 49.4 Å². The number of hydrogen-bond donors (Lipinski definition) is 1. The van der Waals surface area contributed by atoms with E-state index in [1.807, 2.05) is 0 Å². The molecular weight excluding hydrogens is 432 g/mol. The van der Waals surface area contributed by atoms with Gasteiger partial charge in [-0.1, -0.05) is 35.9 Å². The van der Waals surface area contributed by atoms with E-state index in [0.717, 1.165) is 10.6 Å². The van der Waals surface area contributed by atoms with Crippen LogP contribution in [0.3, 0.4) is 0 Å². The number of halogens is 1. The van der Waals surface area contributed by atoms with E-state index in [9.17, 15) is 19.5 Å². The lowest BCUT2D eigenvalue weighted by Gasteiger charge is -2.12. The molecule has 0 unspecified atom stereocenters. The van der Waals surface area contributed by atoms with Crippen LogP contribution in [0.5, 0.6) is 0 Å². The number of ketones is 1. The number of furan rings is 1. The first-order valence-electron chi connectivity index (χ1n) is 9.60. The molecule has 1 aliphatic heterocycles. The Balaban J connectivity index is 1.60. The van der Waals surface area contributed by atoms with E-state index in [-0.39, 0.29) is 16.4 Å². The Morgan fingerprint density at radius 2 is 1.81 bits per heavy atom. The number of carbonyl (C=O) groups is 3. The van der Waals surface area contributed by atoms with E-state index in [4.69, 9.17) is 16.0 Å². The van der Waals surface area contributed by atoms with Crippen LogP contribution in [-0.4, -0.2) is 28.5 Å². The van der Waals surface area contributed by atoms with Gasteiger partial charge in [0.2, 0.25) is 0 Å². The normalized spacial score (nSPS) is 14.7. The van der Waals surface area contributed by atoms with E-state index in [1.165, 1.54) is 25.1 Å². The number of anilines is 1. The van der Waals surface area contributed by atoms with Gasteiger partial charge in [-0.15, -0.1) is 0 Å². The van der Waals surface area contributed by atoms with E-state index >= 15 is 0 Å². The molecule has 4 rings (SSSR count). The topological polar surface area (TPSA) is 100 Å². The number of carboxylic acid groups (broad SMARTS) is 1. The SMILES string of the molecule is CC(=O)c1ccc(-c2ccc(/C=C3\C(=O)N(c4ccc(Cl)c(C(=O)O)c4)N=C3C)o2)cc1. The van der Waals surface area contributed by atoms with Crippen LogP contribution in [0.2, 0.25) is 5.02 Å². The fraction of sp³-hybridized carbons (Fsp3) is 0.0833. The van der Waals surface area contributed by atoms with Crippen molar-refractivity contribution in [1.82, 2.24) is 0 Å². The predicted octanol–water partition coefficient (Wildman–Crippen LogP) is 5.31. The molecule has 1 aliphatic rings. The summed E-state index contributed by atoms with van der Waals surface area (Å²) in [6, 6.07) is 14.8. The summed E-state index contributed by atoms with van der Waals surface area (Å²) < 4.78 is 5.85. The minimum absolute atomic E-state index is 0.0170. The number of benzene rings is 2. The molecule has 8 heteroatoms. The first-order chi connectivity index (χ1) is 15.2. The van der Waals surface area contributed by atoms with Gasteiger partial charge in [-0.2, -0.15) is 10.1 Å². The molecule has 0 bridgehead atoms. The molecule has 0 fully saturated rings. The number of aromatic carboxylic acids is 1. The summed E-state index contributed by atoms with van der Waals surface area (Å²) in [4.78, 5) is 35.7. The summed E-state index contributed by atoms with van der Waals surface area (Å²) in [6.45, 7) is 3.19. The van der Waals surface area contributed by atoms with Gasteiger partial charge in [0.05, 0.1) is 27.6 Å². The van der Waals surface area contributed by atoms with E-state index < -0.39 is 11.9 Å². The smallest absolute Gasteiger partial charge is 0.337 e. The lowest BCUT2D eigenvalue weighted by molar-refractivity contribution is -0.114. The molecule has 0 aliphatic carbocycles. The zero-order valence-electron chi connectivity index (χ0n) is 17.1. The molecule has 7 nitrogen and oxygen atoms in total. The van der Waals surface area contributed by atoms with Crippen molar-refractivity contribution in [3.8, 4) is 11.3 Å². The highest BCUT2D eigenvalue weighted by Crippen LogP contribution is 2.30. The zero-order valence-corrected chi connectivity index (χ0v) is 17.9. The van der Waals surface area contributed by atoms with Crippen molar-refractivity contribution in [3.05, 3.63) is 82.1 Å². The molecule has 0 spiro atoms. The monoisotopic (exact) mass is 448 g/mol. The standard InChI is InChI=1S/C24H17ClN2O5/c1-13-19(23(29)27(26-13)17-7-9-21(25)20(11-17)24(30)31)12-18-8-10-22(32-18)16-5-3-15(4-6-16)14(2)28/h3-12H,1-2H3,(H,30,31)/b19-12-. The number of amides is 1. The maximum atomic E-state index is 13.0. The first kappa shape index (κ1) is 21.3. The maximum Gasteiger partial charge on any atom is 0.337 e. The van der Waals surface area contributed by atoms with Gasteiger partial charge in [0.15, 0.2) is 5.78 Å². The quantitative estimate of drug-likeness (QED) is 0.421. The van der Waals surface area contributed by atoms with Crippen LogP contribution < -0.4 is 5.01 Å². The van der Waals surface area contributed by atoms with Gasteiger partial charge in [-0.05, 0) is 50.3 Å². The molecule has 1 aromatic heterocycles. The van der Waals surface area contributed by atoms with Crippen LogP contribution in [0.15, 0.2) is 69.7 Å². The summed E-state index contributed by atoms with van der Waals surface area (Å²) in [5, 5.41) is 14.7. The van der Waals surface area contributed by atoms with Gasteiger partial charge >= 0.3 is 5.97 Å². The molecule has 2 heterocycles. The Hall–Kier alpha value is -3.97. The summed E-state index contributed by atoms with van der Waals surface area (Å²) in [7, 11) is 0. The molecule has 3 aromatic rings. The number of nitrogens with zero attached hydrogens (tertiary/aromatic N) is 2. The van der Waals surface area contributed by atoms with Crippen molar-refractivity contribution in [3.63, 3.8) is 0 Å². The molecular formula is C24H17ClN2O5. The van der Waals surface area contributed by atoms with Crippen molar-refractivity contribution < 1.29 is 23.9 Å². The zero-order chi connectivity index (χ0) is 23.0. The summed E-state index contributed by atoms with van der Waals surface area (Å²) in [5.74, 6) is -0.577. The second kappa shape index (κ2) is 8.28. The van der Waals surface area contributed by atoms with Gasteiger partial charge in [0, 0.05) is 11.1 Å². The Morgan fingerprint density at radius 1 is 1.09 bits per heavy atom. The second-order valence-corrected chi connectivity index (χ2v) is 7.57. The van der Waals surface area contributed by atoms with Gasteiger partial charge < -0.3 is 9.52 Å². The third kappa shape index (κ3) is 3.98. The first-order valence-corrected chi connectivity index (χ1v) is 9.98. The van der Waals surface area contributed by atoms with Crippen LogP contribution in [0.1, 0.15) is 40.3 Å². The van der Waals surface area contributed by atoms with Gasteiger partial charge in [0.1, 0.15) is 11.5 Å². The van der Waals surface area contributed by atoms with E-state index in [2.05, 4.69) is 5.10 Å². The molecule has 1 N–H and O–H groups in total. The van der Waals surface area contributed by atoms with Gasteiger partial charge in [0.25, 0.3) is 5.91 Å². The van der Waals surface area contributed by atoms with Gasteiger partial charge in [-0.3, -0.25) is 9.59 Å². The Labute approximate surface area is 188 Å². The van der Waals surface area contributed by atoms with Crippen LogP contribution >= 0.6 is 11.6 Å². The predicted molar refractivity (Wildman–Crippen MR) is 121 cm³/mol. The number of hydrazone groups is 1. The highest BCUT2D eigenvalue weighted by molar-refractivity contribution is 6.34. The van der Waals surface area contributed by atoms with Crippen LogP contribution in [-0.2, 0) is 4.79 Å². The lowest BCUT2D eigenvalue weighted by Crippen LogP contribution is -2.21. The van der Waals surface area contributed by atoms with Crippen LogP contribution in [0.25, 0.3) is 17.4 Å². The Bertz CT molecular complexity index is 1320. The number of rotatable bonds is 5. The van der Waals surface area contributed by atoms with Crippen molar-refractivity contribution in [2.45, 2.75) is 13.8 Å². The number of carbonyl (C=O) groups excluding carboxylic acids is 2. The molecule has 0 atom stereocenters. The summed E-state index contributed by atoms with van der Waals surface area (Å²) in [5.41, 5.74) is 2.38. The lowest BCUT2D eigenvalue weighted by atomic mass is 10.1. The molecule has 32 heavy (non-hydrogen) atoms. The minimum atomic E-state index is -1.19. The molecule has 160 valence electrons. The molecule has 2 aromatic carbocycles. The largest absolute Gasteiger partial charge is 0.478 e. The van der Waals surface area contributed by atoms with Crippen molar-refractivity contribution >= 4 is 46.7 Å². The van der Waals surface area contributed by atoms with Crippen LogP contribution in [0, 0.1) is 0 Å². The number of Topliss-reactive ketones (excluding diaryl/α,β-unsaturated/α-hetero) is 1. The summed E-state index contributed by atoms with van der Waals surface area (Å²) in [6.07, 6.45) is 1.59. The highest BCUT2D eigenvalue weighted by Gasteiger charge is 2.30. The Morgan fingerprint density at radius 3 is 2.47 bits per heavy atom. The molecule has 0 saturated carbocycles. The second-order valence-electron chi connectivity index (χ2n) is 7.17. The average molecular weight is 449 g/mol. The highest BCUT2D eigenvalue weighted by atomic mass is 35.5. The average Bonchev–Trinajstić information content (AvgIpc) is 3.34. The Kier molecular flexibility index (Phi) is 5.50. The molecule has 0 radical (unpaired) electrons. The van der Waals surface area contributed by atoms with Gasteiger partial charge in [-0.25, -0.2) is 4.79 Å². The third-order valence-corrected chi connectivity index (χ3v) is 5.31. The van der Waals surface area contributed by atoms with E-state index in [0.29, 0.717) is 34.1 Å². The number of hydrogen-bond acceptors (Lipinski definition) is 5. The fourth-order valence-corrected chi connectivity index (χ4v) is 3.46. The third-order valence-electron chi connectivity index (χ3n) is 4.98.